The number of para-hydroxylation sites is 1. The van der Waals surface area contributed by atoms with Crippen molar-refractivity contribution in [2.24, 2.45) is 0 Å². The molecule has 4 heteroatoms. The first kappa shape index (κ1) is 15.3. The van der Waals surface area contributed by atoms with E-state index in [1.807, 2.05) is 22.9 Å². The van der Waals surface area contributed by atoms with E-state index in [-0.39, 0.29) is 6.03 Å². The monoisotopic (exact) mass is 302 g/mol. The van der Waals surface area contributed by atoms with Crippen molar-refractivity contribution >= 4 is 11.7 Å². The Morgan fingerprint density at radius 2 is 2.00 bits per heavy atom. The largest absolute Gasteiger partial charge is 0.381 e. The van der Waals surface area contributed by atoms with Crippen LogP contribution in [0.3, 0.4) is 0 Å². The number of anilines is 1. The first-order chi connectivity index (χ1) is 10.7. The van der Waals surface area contributed by atoms with Crippen LogP contribution < -0.4 is 4.90 Å². The van der Waals surface area contributed by atoms with E-state index in [1.54, 1.807) is 0 Å². The van der Waals surface area contributed by atoms with E-state index in [0.717, 1.165) is 51.0 Å². The van der Waals surface area contributed by atoms with Crippen LogP contribution >= 0.6 is 0 Å². The van der Waals surface area contributed by atoms with Gasteiger partial charge in [-0.1, -0.05) is 25.1 Å². The maximum Gasteiger partial charge on any atom is 0.324 e. The molecule has 1 saturated heterocycles. The molecular formula is C18H26N2O2. The Morgan fingerprint density at radius 3 is 2.73 bits per heavy atom. The molecule has 1 fully saturated rings. The zero-order chi connectivity index (χ0) is 15.5. The second-order valence-electron chi connectivity index (χ2n) is 6.34. The number of fused-ring (bicyclic) bond motifs is 1. The molecule has 4 nitrogen and oxygen atoms in total. The van der Waals surface area contributed by atoms with Crippen molar-refractivity contribution in [1.82, 2.24) is 4.90 Å². The predicted molar refractivity (Wildman–Crippen MR) is 88.3 cm³/mol. The molecule has 2 heterocycles. The van der Waals surface area contributed by atoms with Gasteiger partial charge in [0.15, 0.2) is 0 Å². The molecule has 3 rings (SSSR count). The summed E-state index contributed by atoms with van der Waals surface area (Å²) in [6.07, 6.45) is 5.01. The molecule has 0 unspecified atom stereocenters. The Labute approximate surface area is 133 Å². The number of benzene rings is 1. The van der Waals surface area contributed by atoms with Gasteiger partial charge in [0.2, 0.25) is 0 Å². The Bertz CT molecular complexity index is 526. The smallest absolute Gasteiger partial charge is 0.324 e. The molecule has 120 valence electrons. The highest BCUT2D eigenvalue weighted by Gasteiger charge is 2.34. The van der Waals surface area contributed by atoms with Crippen molar-refractivity contribution in [3.05, 3.63) is 29.8 Å². The number of hydrogen-bond acceptors (Lipinski definition) is 2. The van der Waals surface area contributed by atoms with Crippen molar-refractivity contribution in [2.45, 2.75) is 51.1 Å². The average Bonchev–Trinajstić information content (AvgIpc) is 2.60. The van der Waals surface area contributed by atoms with E-state index >= 15 is 0 Å². The molecule has 1 atom stereocenters. The topological polar surface area (TPSA) is 32.8 Å². The fourth-order valence-electron chi connectivity index (χ4n) is 3.65. The molecule has 0 aliphatic carbocycles. The lowest BCUT2D eigenvalue weighted by Crippen LogP contribution is -2.52. The van der Waals surface area contributed by atoms with E-state index in [0.29, 0.717) is 12.1 Å². The Hall–Kier alpha value is -1.55. The van der Waals surface area contributed by atoms with Crippen molar-refractivity contribution < 1.29 is 9.53 Å². The molecule has 0 aromatic heterocycles. The summed E-state index contributed by atoms with van der Waals surface area (Å²) in [5, 5.41) is 0. The number of urea groups is 1. The third kappa shape index (κ3) is 2.84. The summed E-state index contributed by atoms with van der Waals surface area (Å²) in [5.41, 5.74) is 2.39. The highest BCUT2D eigenvalue weighted by atomic mass is 16.5. The lowest BCUT2D eigenvalue weighted by atomic mass is 9.94. The van der Waals surface area contributed by atoms with Crippen LogP contribution in [0, 0.1) is 0 Å². The van der Waals surface area contributed by atoms with Crippen LogP contribution in [0.4, 0.5) is 10.5 Å². The van der Waals surface area contributed by atoms with Crippen molar-refractivity contribution in [3.63, 3.8) is 0 Å². The molecule has 1 aromatic rings. The molecule has 0 saturated carbocycles. The standard InChI is InChI=1S/C18H26N2O2/c1-3-15-9-8-14-6-4-5-7-17(14)20(15)18(21)19(2)16-10-12-22-13-11-16/h4-7,15-16H,3,8-13H2,1-2H3/t15-/m0/s1. The van der Waals surface area contributed by atoms with E-state index in [4.69, 9.17) is 4.74 Å². The van der Waals surface area contributed by atoms with Crippen LogP contribution in [0.15, 0.2) is 24.3 Å². The molecule has 1 aromatic carbocycles. The first-order valence-electron chi connectivity index (χ1n) is 8.44. The summed E-state index contributed by atoms with van der Waals surface area (Å²) >= 11 is 0. The lowest BCUT2D eigenvalue weighted by Gasteiger charge is -2.41. The summed E-state index contributed by atoms with van der Waals surface area (Å²) in [4.78, 5) is 17.1. The quantitative estimate of drug-likeness (QED) is 0.838. The van der Waals surface area contributed by atoms with Gasteiger partial charge in [-0.2, -0.15) is 0 Å². The molecule has 0 spiro atoms. The molecule has 2 aliphatic rings. The van der Waals surface area contributed by atoms with Gasteiger partial charge >= 0.3 is 6.03 Å². The van der Waals surface area contributed by atoms with Gasteiger partial charge in [-0.25, -0.2) is 4.79 Å². The molecule has 0 N–H and O–H groups in total. The van der Waals surface area contributed by atoms with Crippen LogP contribution in [0.5, 0.6) is 0 Å². The van der Waals surface area contributed by atoms with Crippen molar-refractivity contribution in [1.29, 1.82) is 0 Å². The Balaban J connectivity index is 1.85. The summed E-state index contributed by atoms with van der Waals surface area (Å²) in [7, 11) is 1.95. The number of ether oxygens (including phenoxy) is 1. The first-order valence-corrected chi connectivity index (χ1v) is 8.44. The van der Waals surface area contributed by atoms with Crippen molar-refractivity contribution in [2.75, 3.05) is 25.2 Å². The SMILES string of the molecule is CC[C@H]1CCc2ccccc2N1C(=O)N(C)C1CCOCC1. The minimum Gasteiger partial charge on any atom is -0.381 e. The third-order valence-electron chi connectivity index (χ3n) is 5.08. The fourth-order valence-corrected chi connectivity index (χ4v) is 3.65. The zero-order valence-electron chi connectivity index (χ0n) is 13.6. The lowest BCUT2D eigenvalue weighted by molar-refractivity contribution is 0.0532. The van der Waals surface area contributed by atoms with Gasteiger partial charge in [-0.05, 0) is 43.7 Å². The molecule has 22 heavy (non-hydrogen) atoms. The minimum atomic E-state index is 0.144. The van der Waals surface area contributed by atoms with Crippen LogP contribution in [-0.4, -0.2) is 43.3 Å². The fraction of sp³-hybridized carbons (Fsp3) is 0.611. The maximum absolute atomic E-state index is 13.1. The van der Waals surface area contributed by atoms with Crippen molar-refractivity contribution in [3.8, 4) is 0 Å². The Kier molecular flexibility index (Phi) is 4.67. The summed E-state index contributed by atoms with van der Waals surface area (Å²) in [6, 6.07) is 9.09. The number of carbonyl (C=O) groups excluding carboxylic acids is 1. The molecule has 0 radical (unpaired) electrons. The molecular weight excluding hydrogens is 276 g/mol. The second kappa shape index (κ2) is 6.69. The number of aryl methyl sites for hydroxylation is 1. The van der Waals surface area contributed by atoms with Crippen LogP contribution in [0.1, 0.15) is 38.2 Å². The second-order valence-corrected chi connectivity index (χ2v) is 6.34. The van der Waals surface area contributed by atoms with Gasteiger partial charge < -0.3 is 9.64 Å². The van der Waals surface area contributed by atoms with E-state index in [2.05, 4.69) is 25.1 Å². The Morgan fingerprint density at radius 1 is 1.27 bits per heavy atom. The van der Waals surface area contributed by atoms with Gasteiger partial charge in [0, 0.05) is 38.0 Å². The van der Waals surface area contributed by atoms with Gasteiger partial charge in [0.05, 0.1) is 0 Å². The van der Waals surface area contributed by atoms with Gasteiger partial charge in [0.25, 0.3) is 0 Å². The van der Waals surface area contributed by atoms with Crippen LogP contribution in [0.2, 0.25) is 0 Å². The molecule has 2 amide bonds. The number of carbonyl (C=O) groups is 1. The summed E-state index contributed by atoms with van der Waals surface area (Å²) < 4.78 is 5.42. The number of nitrogens with zero attached hydrogens (tertiary/aromatic N) is 2. The number of amides is 2. The summed E-state index contributed by atoms with van der Waals surface area (Å²) in [6.45, 7) is 3.69. The predicted octanol–water partition coefficient (Wildman–Crippen LogP) is 3.45. The average molecular weight is 302 g/mol. The summed E-state index contributed by atoms with van der Waals surface area (Å²) in [5.74, 6) is 0. The van der Waals surface area contributed by atoms with E-state index in [1.165, 1.54) is 5.56 Å². The molecule has 0 bridgehead atoms. The normalized spacial score (nSPS) is 22.3. The third-order valence-corrected chi connectivity index (χ3v) is 5.08. The molecule has 2 aliphatic heterocycles. The highest BCUT2D eigenvalue weighted by molar-refractivity contribution is 5.94. The zero-order valence-corrected chi connectivity index (χ0v) is 13.6. The van der Waals surface area contributed by atoms with E-state index < -0.39 is 0 Å². The van der Waals surface area contributed by atoms with Crippen LogP contribution in [-0.2, 0) is 11.2 Å². The van der Waals surface area contributed by atoms with Gasteiger partial charge in [-0.15, -0.1) is 0 Å². The van der Waals surface area contributed by atoms with E-state index in [9.17, 15) is 4.79 Å². The highest BCUT2D eigenvalue weighted by Crippen LogP contribution is 2.33. The van der Waals surface area contributed by atoms with Crippen LogP contribution in [0.25, 0.3) is 0 Å². The number of rotatable bonds is 2. The van der Waals surface area contributed by atoms with Gasteiger partial charge in [0.1, 0.15) is 0 Å². The maximum atomic E-state index is 13.1. The van der Waals surface area contributed by atoms with Gasteiger partial charge in [-0.3, -0.25) is 4.90 Å². The minimum absolute atomic E-state index is 0.144. The number of hydrogen-bond donors (Lipinski definition) is 0.